The van der Waals surface area contributed by atoms with Crippen LogP contribution in [0.15, 0.2) is 36.4 Å². The zero-order valence-corrected chi connectivity index (χ0v) is 20.2. The second-order valence-electron chi connectivity index (χ2n) is 10.2. The Balaban J connectivity index is 1.86. The lowest BCUT2D eigenvalue weighted by Crippen LogP contribution is -2.80. The average molecular weight is 507 g/mol. The number of alkyl halides is 1. The van der Waals surface area contributed by atoms with Crippen molar-refractivity contribution in [3.63, 3.8) is 0 Å². The van der Waals surface area contributed by atoms with E-state index in [1.54, 1.807) is 20.8 Å². The normalized spacial score (nSPS) is 25.3. The van der Waals surface area contributed by atoms with Gasteiger partial charge in [-0.25, -0.2) is 27.2 Å². The third-order valence-corrected chi connectivity index (χ3v) is 6.49. The standard InChI is InChI=1S/C26H25F4NO5/c1-24(2,3)36-23(34)31-18-12-25(30,13-18)21(32)26(31,22(33)35-4)11-14-6-5-7-19(20(14)29)15-8-16(27)10-17(28)9-15/h5-10,18H,11-13H2,1-4H3. The minimum absolute atomic E-state index is 0.122. The molecule has 3 aliphatic rings. The average Bonchev–Trinajstić information content (AvgIpc) is 2.74. The summed E-state index contributed by atoms with van der Waals surface area (Å²) in [5.41, 5.74) is -6.53. The van der Waals surface area contributed by atoms with Crippen LogP contribution in [0, 0.1) is 17.5 Å². The zero-order valence-electron chi connectivity index (χ0n) is 20.2. The smallest absolute Gasteiger partial charge is 0.411 e. The molecule has 1 unspecified atom stereocenters. The minimum atomic E-state index is -2.54. The summed E-state index contributed by atoms with van der Waals surface area (Å²) < 4.78 is 69.0. The number of ketones is 1. The van der Waals surface area contributed by atoms with E-state index in [0.717, 1.165) is 24.1 Å². The van der Waals surface area contributed by atoms with Crippen LogP contribution in [0.1, 0.15) is 39.2 Å². The highest BCUT2D eigenvalue weighted by atomic mass is 19.1. The molecule has 5 rings (SSSR count). The van der Waals surface area contributed by atoms with Crippen LogP contribution in [0.5, 0.6) is 0 Å². The molecule has 2 aromatic carbocycles. The number of esters is 1. The second-order valence-corrected chi connectivity index (χ2v) is 10.2. The summed E-state index contributed by atoms with van der Waals surface area (Å²) in [5.74, 6) is -5.32. The lowest BCUT2D eigenvalue weighted by atomic mass is 9.60. The zero-order chi connectivity index (χ0) is 26.6. The highest BCUT2D eigenvalue weighted by molar-refractivity contribution is 6.16. The van der Waals surface area contributed by atoms with Crippen LogP contribution < -0.4 is 0 Å². The van der Waals surface area contributed by atoms with Crippen LogP contribution in [0.4, 0.5) is 22.4 Å². The summed E-state index contributed by atoms with van der Waals surface area (Å²) in [7, 11) is 0.970. The van der Waals surface area contributed by atoms with Crippen molar-refractivity contribution < 1.29 is 41.4 Å². The number of benzene rings is 2. The van der Waals surface area contributed by atoms with Crippen LogP contribution in [0.3, 0.4) is 0 Å². The van der Waals surface area contributed by atoms with E-state index >= 15 is 8.78 Å². The third-order valence-electron chi connectivity index (χ3n) is 6.49. The molecular formula is C26H25F4NO5. The van der Waals surface area contributed by atoms with Crippen LogP contribution in [-0.2, 0) is 25.5 Å². The number of halogens is 4. The lowest BCUT2D eigenvalue weighted by Gasteiger charge is -2.59. The number of Topliss-reactive ketones (excluding diaryl/α,β-unsaturated/α-hetero) is 1. The molecule has 0 radical (unpaired) electrons. The maximum absolute atomic E-state index is 15.7. The molecule has 1 amide bonds. The first-order valence-electron chi connectivity index (χ1n) is 11.3. The molecule has 1 atom stereocenters. The van der Waals surface area contributed by atoms with Gasteiger partial charge in [0.2, 0.25) is 11.3 Å². The summed E-state index contributed by atoms with van der Waals surface area (Å²) in [6, 6.07) is 5.48. The molecule has 1 saturated carbocycles. The third kappa shape index (κ3) is 4.12. The summed E-state index contributed by atoms with van der Waals surface area (Å²) in [6.07, 6.45) is -2.46. The number of fused-ring (bicyclic) bond motifs is 2. The van der Waals surface area contributed by atoms with Crippen molar-refractivity contribution in [1.82, 2.24) is 4.90 Å². The fourth-order valence-corrected chi connectivity index (χ4v) is 4.98. The van der Waals surface area contributed by atoms with Crippen molar-refractivity contribution >= 4 is 17.8 Å². The molecule has 0 spiro atoms. The monoisotopic (exact) mass is 507 g/mol. The van der Waals surface area contributed by atoms with Gasteiger partial charge in [-0.05, 0) is 44.0 Å². The minimum Gasteiger partial charge on any atom is -0.467 e. The first kappa shape index (κ1) is 25.7. The molecule has 0 aromatic heterocycles. The van der Waals surface area contributed by atoms with Gasteiger partial charge in [0, 0.05) is 36.9 Å². The van der Waals surface area contributed by atoms with Crippen molar-refractivity contribution in [2.45, 2.75) is 62.9 Å². The van der Waals surface area contributed by atoms with Crippen molar-refractivity contribution in [2.24, 2.45) is 0 Å². The molecule has 2 bridgehead atoms. The Kier molecular flexibility index (Phi) is 6.13. The van der Waals surface area contributed by atoms with Gasteiger partial charge in [-0.1, -0.05) is 18.2 Å². The summed E-state index contributed by atoms with van der Waals surface area (Å²) >= 11 is 0. The molecule has 3 fully saturated rings. The number of rotatable bonds is 4. The number of nitrogens with zero attached hydrogens (tertiary/aromatic N) is 1. The predicted octanol–water partition coefficient (Wildman–Crippen LogP) is 4.92. The van der Waals surface area contributed by atoms with Gasteiger partial charge in [-0.3, -0.25) is 9.69 Å². The van der Waals surface area contributed by atoms with Crippen LogP contribution in [0.2, 0.25) is 0 Å². The van der Waals surface area contributed by atoms with E-state index in [4.69, 9.17) is 9.47 Å². The van der Waals surface area contributed by atoms with Crippen LogP contribution in [-0.4, -0.2) is 52.7 Å². The molecule has 0 N–H and O–H groups in total. The fourth-order valence-electron chi connectivity index (χ4n) is 4.98. The molecular weight excluding hydrogens is 482 g/mol. The number of carbonyl (C=O) groups is 3. The van der Waals surface area contributed by atoms with E-state index < -0.39 is 64.6 Å². The molecule has 2 aliphatic heterocycles. The number of carbonyl (C=O) groups excluding carboxylic acids is 3. The Bertz CT molecular complexity index is 1230. The summed E-state index contributed by atoms with van der Waals surface area (Å²) in [4.78, 5) is 40.7. The second kappa shape index (κ2) is 8.60. The van der Waals surface area contributed by atoms with Crippen LogP contribution >= 0.6 is 0 Å². The van der Waals surface area contributed by atoms with E-state index in [1.165, 1.54) is 18.2 Å². The van der Waals surface area contributed by atoms with Gasteiger partial charge in [0.05, 0.1) is 7.11 Å². The number of methoxy groups -OCH3 is 1. The van der Waals surface area contributed by atoms with E-state index in [2.05, 4.69) is 0 Å². The Morgan fingerprint density at radius 2 is 1.69 bits per heavy atom. The van der Waals surface area contributed by atoms with Gasteiger partial charge in [-0.15, -0.1) is 0 Å². The number of piperidine rings is 2. The van der Waals surface area contributed by atoms with Gasteiger partial charge in [0.25, 0.3) is 0 Å². The highest BCUT2D eigenvalue weighted by Crippen LogP contribution is 2.52. The van der Waals surface area contributed by atoms with Gasteiger partial charge in [0.15, 0.2) is 5.67 Å². The maximum Gasteiger partial charge on any atom is 0.411 e. The van der Waals surface area contributed by atoms with Crippen LogP contribution in [0.25, 0.3) is 11.1 Å². The Morgan fingerprint density at radius 1 is 1.08 bits per heavy atom. The van der Waals surface area contributed by atoms with Gasteiger partial charge >= 0.3 is 12.1 Å². The number of amides is 1. The largest absolute Gasteiger partial charge is 0.467 e. The number of ether oxygens (including phenoxy) is 2. The first-order valence-corrected chi connectivity index (χ1v) is 11.3. The fraction of sp³-hybridized carbons (Fsp3) is 0.423. The topological polar surface area (TPSA) is 72.9 Å². The molecule has 10 heteroatoms. The molecule has 192 valence electrons. The molecule has 36 heavy (non-hydrogen) atoms. The maximum atomic E-state index is 15.7. The van der Waals surface area contributed by atoms with E-state index in [1.807, 2.05) is 0 Å². The van der Waals surface area contributed by atoms with Crippen molar-refractivity contribution in [2.75, 3.05) is 7.11 Å². The predicted molar refractivity (Wildman–Crippen MR) is 120 cm³/mol. The SMILES string of the molecule is COC(=O)C1(Cc2cccc(-c3cc(F)cc(F)c3)c2F)C(=O)C2(F)CC(C2)N1C(=O)OC(C)(C)C. The molecule has 1 aliphatic carbocycles. The lowest BCUT2D eigenvalue weighted by molar-refractivity contribution is -0.191. The summed E-state index contributed by atoms with van der Waals surface area (Å²) in [5, 5.41) is 0. The molecule has 2 aromatic rings. The Hall–Kier alpha value is -3.43. The van der Waals surface area contributed by atoms with E-state index in [0.29, 0.717) is 6.07 Å². The van der Waals surface area contributed by atoms with E-state index in [9.17, 15) is 23.2 Å². The van der Waals surface area contributed by atoms with Crippen molar-refractivity contribution in [3.05, 3.63) is 59.4 Å². The summed E-state index contributed by atoms with van der Waals surface area (Å²) in [6.45, 7) is 4.74. The first-order chi connectivity index (χ1) is 16.7. The van der Waals surface area contributed by atoms with E-state index in [-0.39, 0.29) is 29.5 Å². The number of hydrogen-bond acceptors (Lipinski definition) is 5. The molecule has 6 nitrogen and oxygen atoms in total. The van der Waals surface area contributed by atoms with Gasteiger partial charge in [0.1, 0.15) is 23.1 Å². The molecule has 2 heterocycles. The molecule has 2 saturated heterocycles. The highest BCUT2D eigenvalue weighted by Gasteiger charge is 2.73. The van der Waals surface area contributed by atoms with Gasteiger partial charge in [-0.2, -0.15) is 0 Å². The van der Waals surface area contributed by atoms with Crippen molar-refractivity contribution in [1.29, 1.82) is 0 Å². The number of hydrogen-bond donors (Lipinski definition) is 0. The Labute approximate surface area is 205 Å². The van der Waals surface area contributed by atoms with Gasteiger partial charge < -0.3 is 9.47 Å². The van der Waals surface area contributed by atoms with Crippen molar-refractivity contribution in [3.8, 4) is 11.1 Å². The quantitative estimate of drug-likeness (QED) is 0.334. The Morgan fingerprint density at radius 3 is 2.25 bits per heavy atom.